The molecule has 0 aliphatic rings. The molecule has 0 saturated heterocycles. The molecule has 0 fully saturated rings. The van der Waals surface area contributed by atoms with Crippen LogP contribution in [0.4, 0.5) is 0 Å². The van der Waals surface area contributed by atoms with E-state index in [1.165, 1.54) is 0 Å². The molecule has 2 aromatic heterocycles. The number of hydrogen-bond donors (Lipinski definition) is 0. The number of nitrogens with zero attached hydrogens (tertiary/aromatic N) is 4. The molecule has 0 radical (unpaired) electrons. The van der Waals surface area contributed by atoms with Gasteiger partial charge in [-0.2, -0.15) is 0 Å². The van der Waals surface area contributed by atoms with Crippen molar-refractivity contribution in [3.8, 4) is 11.4 Å². The van der Waals surface area contributed by atoms with Crippen LogP contribution < -0.4 is 0 Å². The van der Waals surface area contributed by atoms with Gasteiger partial charge >= 0.3 is 0 Å². The Morgan fingerprint density at radius 1 is 1.23 bits per heavy atom. The van der Waals surface area contributed by atoms with Crippen LogP contribution in [-0.2, 0) is 0 Å². The maximum absolute atomic E-state index is 3.92. The van der Waals surface area contributed by atoms with Gasteiger partial charge in [-0.25, -0.2) is 0 Å². The maximum atomic E-state index is 3.92. The molecule has 0 bridgehead atoms. The van der Waals surface area contributed by atoms with E-state index >= 15 is 0 Å². The highest BCUT2D eigenvalue weighted by Gasteiger charge is 2.04. The first-order valence-corrected chi connectivity index (χ1v) is 5.21. The summed E-state index contributed by atoms with van der Waals surface area (Å²) in [6.07, 6.45) is 0. The lowest BCUT2D eigenvalue weighted by Gasteiger charge is -1.92. The van der Waals surface area contributed by atoms with Crippen molar-refractivity contribution < 1.29 is 0 Å². The van der Waals surface area contributed by atoms with Crippen molar-refractivity contribution in [1.29, 1.82) is 0 Å². The minimum atomic E-state index is 0.563. The zero-order valence-corrected chi connectivity index (χ0v) is 9.13. The van der Waals surface area contributed by atoms with E-state index in [1.54, 1.807) is 18.3 Å². The lowest BCUT2D eigenvalue weighted by molar-refractivity contribution is 0.816. The van der Waals surface area contributed by atoms with E-state index in [4.69, 9.17) is 0 Å². The third-order valence-electron chi connectivity index (χ3n) is 1.40. The molecule has 0 N–H and O–H groups in total. The van der Waals surface area contributed by atoms with Crippen molar-refractivity contribution in [2.24, 2.45) is 0 Å². The quantitative estimate of drug-likeness (QED) is 0.784. The molecule has 0 saturated carbocycles. The van der Waals surface area contributed by atoms with Gasteiger partial charge in [0.1, 0.15) is 0 Å². The standard InChI is InChI=1S/C7H5BrN4S/c1-4-9-11-7(12-10-4)5-2-6(8)13-3-5/h2-3H,1H3. The maximum Gasteiger partial charge on any atom is 0.204 e. The Morgan fingerprint density at radius 3 is 2.46 bits per heavy atom. The average molecular weight is 257 g/mol. The number of rotatable bonds is 1. The van der Waals surface area contributed by atoms with E-state index in [0.29, 0.717) is 11.6 Å². The topological polar surface area (TPSA) is 51.6 Å². The summed E-state index contributed by atoms with van der Waals surface area (Å²) >= 11 is 4.95. The lowest BCUT2D eigenvalue weighted by atomic mass is 10.3. The molecule has 66 valence electrons. The molecule has 2 aromatic rings. The largest absolute Gasteiger partial charge is 0.204 e. The molecular formula is C7H5BrN4S. The van der Waals surface area contributed by atoms with Crippen LogP contribution >= 0.6 is 27.3 Å². The summed E-state index contributed by atoms with van der Waals surface area (Å²) in [5.41, 5.74) is 0.942. The van der Waals surface area contributed by atoms with Gasteiger partial charge in [0.05, 0.1) is 3.79 Å². The first kappa shape index (κ1) is 8.71. The Hall–Kier alpha value is -0.880. The van der Waals surface area contributed by atoms with Gasteiger partial charge in [-0.3, -0.25) is 0 Å². The SMILES string of the molecule is Cc1nnc(-c2csc(Br)c2)nn1. The molecule has 6 heteroatoms. The van der Waals surface area contributed by atoms with E-state index in [-0.39, 0.29) is 0 Å². The number of aryl methyl sites for hydroxylation is 1. The predicted octanol–water partition coefficient (Wildman–Crippen LogP) is 2.07. The van der Waals surface area contributed by atoms with Crippen molar-refractivity contribution in [3.63, 3.8) is 0 Å². The third kappa shape index (κ3) is 1.89. The number of hydrogen-bond acceptors (Lipinski definition) is 5. The minimum Gasteiger partial charge on any atom is -0.136 e. The van der Waals surface area contributed by atoms with Crippen LogP contribution in [0.25, 0.3) is 11.4 Å². The van der Waals surface area contributed by atoms with Gasteiger partial charge in [-0.05, 0) is 28.9 Å². The third-order valence-corrected chi connectivity index (χ3v) is 2.91. The van der Waals surface area contributed by atoms with Gasteiger partial charge < -0.3 is 0 Å². The molecule has 0 aliphatic carbocycles. The molecule has 0 unspecified atom stereocenters. The van der Waals surface area contributed by atoms with Crippen LogP contribution in [0.5, 0.6) is 0 Å². The fourth-order valence-corrected chi connectivity index (χ4v) is 1.96. The molecule has 2 rings (SSSR count). The lowest BCUT2D eigenvalue weighted by Crippen LogP contribution is -1.97. The van der Waals surface area contributed by atoms with Gasteiger partial charge in [0.2, 0.25) is 5.82 Å². The van der Waals surface area contributed by atoms with Gasteiger partial charge in [-0.15, -0.1) is 31.7 Å². The number of halogens is 1. The predicted molar refractivity (Wildman–Crippen MR) is 53.4 cm³/mol. The van der Waals surface area contributed by atoms with Gasteiger partial charge in [0.15, 0.2) is 5.82 Å². The number of aromatic nitrogens is 4. The van der Waals surface area contributed by atoms with Crippen LogP contribution in [0, 0.1) is 6.92 Å². The molecule has 13 heavy (non-hydrogen) atoms. The highest BCUT2D eigenvalue weighted by atomic mass is 79.9. The molecular weight excluding hydrogens is 252 g/mol. The zero-order valence-electron chi connectivity index (χ0n) is 6.73. The van der Waals surface area contributed by atoms with Crippen LogP contribution in [0.3, 0.4) is 0 Å². The van der Waals surface area contributed by atoms with Crippen LogP contribution in [0.15, 0.2) is 15.2 Å². The van der Waals surface area contributed by atoms with E-state index < -0.39 is 0 Å². The minimum absolute atomic E-state index is 0.563. The molecule has 0 amide bonds. The molecule has 0 spiro atoms. The van der Waals surface area contributed by atoms with Crippen LogP contribution in [0.2, 0.25) is 0 Å². The second-order valence-corrected chi connectivity index (χ2v) is 4.70. The van der Waals surface area contributed by atoms with E-state index in [2.05, 4.69) is 36.3 Å². The Morgan fingerprint density at radius 2 is 1.92 bits per heavy atom. The first-order chi connectivity index (χ1) is 6.25. The van der Waals surface area contributed by atoms with Crippen molar-refractivity contribution in [2.75, 3.05) is 0 Å². The van der Waals surface area contributed by atoms with Crippen LogP contribution in [0.1, 0.15) is 5.82 Å². The summed E-state index contributed by atoms with van der Waals surface area (Å²) in [5.74, 6) is 1.14. The normalized spacial score (nSPS) is 10.3. The second-order valence-electron chi connectivity index (χ2n) is 2.41. The Balaban J connectivity index is 2.41. The summed E-state index contributed by atoms with van der Waals surface area (Å²) in [7, 11) is 0. The monoisotopic (exact) mass is 256 g/mol. The average Bonchev–Trinajstić information content (AvgIpc) is 2.53. The summed E-state index contributed by atoms with van der Waals surface area (Å²) in [5, 5.41) is 17.5. The molecule has 0 aliphatic heterocycles. The van der Waals surface area contributed by atoms with Crippen molar-refractivity contribution >= 4 is 27.3 Å². The molecule has 0 aromatic carbocycles. The highest BCUT2D eigenvalue weighted by Crippen LogP contribution is 2.25. The first-order valence-electron chi connectivity index (χ1n) is 3.54. The smallest absolute Gasteiger partial charge is 0.136 e. The summed E-state index contributed by atoms with van der Waals surface area (Å²) < 4.78 is 1.05. The Kier molecular flexibility index (Phi) is 2.32. The molecule has 2 heterocycles. The van der Waals surface area contributed by atoms with Crippen molar-refractivity contribution in [1.82, 2.24) is 20.4 Å². The zero-order chi connectivity index (χ0) is 9.26. The van der Waals surface area contributed by atoms with E-state index in [1.807, 2.05) is 11.4 Å². The van der Waals surface area contributed by atoms with E-state index in [9.17, 15) is 0 Å². The van der Waals surface area contributed by atoms with Gasteiger partial charge in [0.25, 0.3) is 0 Å². The fourth-order valence-electron chi connectivity index (χ4n) is 0.822. The fraction of sp³-hybridized carbons (Fsp3) is 0.143. The van der Waals surface area contributed by atoms with Gasteiger partial charge in [-0.1, -0.05) is 0 Å². The Labute approximate surface area is 87.2 Å². The second kappa shape index (κ2) is 3.47. The molecule has 0 atom stereocenters. The summed E-state index contributed by atoms with van der Waals surface area (Å²) in [6, 6.07) is 1.94. The Bertz CT molecular complexity index is 411. The van der Waals surface area contributed by atoms with Crippen LogP contribution in [-0.4, -0.2) is 20.4 Å². The summed E-state index contributed by atoms with van der Waals surface area (Å²) in [6.45, 7) is 1.76. The number of thiophene rings is 1. The summed E-state index contributed by atoms with van der Waals surface area (Å²) in [4.78, 5) is 0. The van der Waals surface area contributed by atoms with Gasteiger partial charge in [0, 0.05) is 10.9 Å². The van der Waals surface area contributed by atoms with E-state index in [0.717, 1.165) is 9.35 Å². The van der Waals surface area contributed by atoms with Crippen molar-refractivity contribution in [2.45, 2.75) is 6.92 Å². The molecule has 4 nitrogen and oxygen atoms in total. The highest BCUT2D eigenvalue weighted by molar-refractivity contribution is 9.11. The van der Waals surface area contributed by atoms with Crippen molar-refractivity contribution in [3.05, 3.63) is 21.1 Å².